The molecular formula is C18H28ClIN4O2S2. The van der Waals surface area contributed by atoms with Crippen LogP contribution in [0.2, 0.25) is 5.02 Å². The van der Waals surface area contributed by atoms with Crippen molar-refractivity contribution in [3.63, 3.8) is 0 Å². The highest BCUT2D eigenvalue weighted by Gasteiger charge is 2.44. The number of hydrogen-bond donors (Lipinski definition) is 2. The van der Waals surface area contributed by atoms with Gasteiger partial charge in [0.05, 0.1) is 5.75 Å². The van der Waals surface area contributed by atoms with Crippen LogP contribution in [0, 0.1) is 0 Å². The van der Waals surface area contributed by atoms with Gasteiger partial charge in [0.25, 0.3) is 0 Å². The number of nitrogens with zero attached hydrogens (tertiary/aromatic N) is 2. The molecule has 158 valence electrons. The Kier molecular flexibility index (Phi) is 9.18. The third-order valence-electron chi connectivity index (χ3n) is 5.12. The van der Waals surface area contributed by atoms with Gasteiger partial charge in [-0.15, -0.1) is 24.0 Å². The van der Waals surface area contributed by atoms with Gasteiger partial charge in [0.1, 0.15) is 0 Å². The van der Waals surface area contributed by atoms with E-state index < -0.39 is 10.0 Å². The summed E-state index contributed by atoms with van der Waals surface area (Å²) in [5.74, 6) is 2.47. The molecule has 0 amide bonds. The average molecular weight is 559 g/mol. The first-order valence-corrected chi connectivity index (χ1v) is 12.4. The van der Waals surface area contributed by atoms with Gasteiger partial charge in [-0.25, -0.2) is 12.7 Å². The second-order valence-corrected chi connectivity index (χ2v) is 10.7. The lowest BCUT2D eigenvalue weighted by atomic mass is 9.96. The van der Waals surface area contributed by atoms with Crippen molar-refractivity contribution in [2.24, 2.45) is 4.99 Å². The summed E-state index contributed by atoms with van der Waals surface area (Å²) in [7, 11) is -1.51. The van der Waals surface area contributed by atoms with E-state index in [9.17, 15) is 8.42 Å². The van der Waals surface area contributed by atoms with Crippen LogP contribution in [0.15, 0.2) is 29.3 Å². The van der Waals surface area contributed by atoms with E-state index in [2.05, 4.69) is 21.7 Å². The molecule has 1 heterocycles. The molecule has 0 aromatic heterocycles. The van der Waals surface area contributed by atoms with Gasteiger partial charge in [-0.05, 0) is 30.5 Å². The Hall–Kier alpha value is -0.230. The predicted octanol–water partition coefficient (Wildman–Crippen LogP) is 2.53. The molecule has 10 heteroatoms. The molecule has 28 heavy (non-hydrogen) atoms. The van der Waals surface area contributed by atoms with Crippen LogP contribution in [0.5, 0.6) is 0 Å². The number of benzene rings is 1. The molecule has 2 aliphatic rings. The number of guanidine groups is 1. The first kappa shape index (κ1) is 24.0. The van der Waals surface area contributed by atoms with Crippen molar-refractivity contribution in [3.05, 3.63) is 34.9 Å². The number of thioether (sulfide) groups is 1. The third-order valence-corrected chi connectivity index (χ3v) is 8.17. The molecule has 0 atom stereocenters. The van der Waals surface area contributed by atoms with Gasteiger partial charge in [-0.3, -0.25) is 4.99 Å². The van der Waals surface area contributed by atoms with Crippen LogP contribution in [0.25, 0.3) is 0 Å². The lowest BCUT2D eigenvalue weighted by Gasteiger charge is -2.25. The Morgan fingerprint density at radius 2 is 2.00 bits per heavy atom. The Balaban J connectivity index is 0.00000280. The average Bonchev–Trinajstić information content (AvgIpc) is 3.46. The van der Waals surface area contributed by atoms with Crippen molar-refractivity contribution in [1.29, 1.82) is 0 Å². The normalized spacial score (nSPS) is 19.6. The van der Waals surface area contributed by atoms with E-state index in [1.165, 1.54) is 5.56 Å². The van der Waals surface area contributed by atoms with Gasteiger partial charge in [0.2, 0.25) is 10.0 Å². The van der Waals surface area contributed by atoms with Crippen LogP contribution in [-0.4, -0.2) is 69.2 Å². The summed E-state index contributed by atoms with van der Waals surface area (Å²) >= 11 is 7.93. The maximum atomic E-state index is 12.4. The Labute approximate surface area is 194 Å². The summed E-state index contributed by atoms with van der Waals surface area (Å²) in [4.78, 5) is 4.22. The lowest BCUT2D eigenvalue weighted by Crippen LogP contribution is -2.45. The smallest absolute Gasteiger partial charge is 0.215 e. The van der Waals surface area contributed by atoms with Gasteiger partial charge in [-0.1, -0.05) is 23.7 Å². The fourth-order valence-corrected chi connectivity index (χ4v) is 5.94. The SMILES string of the molecule is CN=C(NCCS(=O)(=O)N1CCSCC1)NCC1(c2cccc(Cl)c2)CC1.I. The molecule has 1 aromatic carbocycles. The number of sulfonamides is 1. The quantitative estimate of drug-likeness (QED) is 0.306. The maximum absolute atomic E-state index is 12.4. The molecular weight excluding hydrogens is 531 g/mol. The van der Waals surface area contributed by atoms with E-state index in [4.69, 9.17) is 11.6 Å². The molecule has 0 bridgehead atoms. The standard InChI is InChI=1S/C18H27ClN4O2S2.HI/c1-20-17(21-7-12-27(24,25)23-8-10-26-11-9-23)22-14-18(5-6-18)15-3-2-4-16(19)13-15;/h2-4,13H,5-12,14H2,1H3,(H2,20,21,22);1H. The van der Waals surface area contributed by atoms with E-state index in [0.29, 0.717) is 25.6 Å². The highest BCUT2D eigenvalue weighted by atomic mass is 127. The molecule has 2 fully saturated rings. The van der Waals surface area contributed by atoms with Gasteiger partial charge in [0.15, 0.2) is 5.96 Å². The number of aliphatic imine (C=N–C) groups is 1. The zero-order valence-electron chi connectivity index (χ0n) is 16.0. The molecule has 0 unspecified atom stereocenters. The monoisotopic (exact) mass is 558 g/mol. The van der Waals surface area contributed by atoms with Crippen molar-refractivity contribution < 1.29 is 8.42 Å². The number of halogens is 2. The highest BCUT2D eigenvalue weighted by molar-refractivity contribution is 14.0. The molecule has 6 nitrogen and oxygen atoms in total. The summed E-state index contributed by atoms with van der Waals surface area (Å²) in [5.41, 5.74) is 1.34. The zero-order chi connectivity index (χ0) is 19.3. The number of nitrogens with one attached hydrogen (secondary N) is 2. The highest BCUT2D eigenvalue weighted by Crippen LogP contribution is 2.48. The van der Waals surface area contributed by atoms with Crippen molar-refractivity contribution >= 4 is 63.3 Å². The molecule has 0 radical (unpaired) electrons. The van der Waals surface area contributed by atoms with Gasteiger partial charge in [-0.2, -0.15) is 11.8 Å². The van der Waals surface area contributed by atoms with Gasteiger partial charge >= 0.3 is 0 Å². The van der Waals surface area contributed by atoms with Gasteiger partial charge in [0, 0.05) is 55.2 Å². The topological polar surface area (TPSA) is 73.8 Å². The molecule has 1 saturated carbocycles. The van der Waals surface area contributed by atoms with Crippen LogP contribution in [0.1, 0.15) is 18.4 Å². The number of hydrogen-bond acceptors (Lipinski definition) is 4. The first-order chi connectivity index (χ1) is 13.0. The molecule has 1 aromatic rings. The largest absolute Gasteiger partial charge is 0.356 e. The fourth-order valence-electron chi connectivity index (χ4n) is 3.26. The van der Waals surface area contributed by atoms with Crippen molar-refractivity contribution in [2.45, 2.75) is 18.3 Å². The third kappa shape index (κ3) is 6.38. The Morgan fingerprint density at radius 1 is 1.29 bits per heavy atom. The molecule has 3 rings (SSSR count). The maximum Gasteiger partial charge on any atom is 0.215 e. The van der Waals surface area contributed by atoms with Crippen LogP contribution in [0.4, 0.5) is 0 Å². The van der Waals surface area contributed by atoms with Crippen LogP contribution in [-0.2, 0) is 15.4 Å². The van der Waals surface area contributed by atoms with Crippen LogP contribution in [0.3, 0.4) is 0 Å². The van der Waals surface area contributed by atoms with E-state index in [-0.39, 0.29) is 35.1 Å². The summed E-state index contributed by atoms with van der Waals surface area (Å²) in [6.07, 6.45) is 2.22. The lowest BCUT2D eigenvalue weighted by molar-refractivity contribution is 0.443. The molecule has 2 N–H and O–H groups in total. The minimum atomic E-state index is -3.21. The van der Waals surface area contributed by atoms with E-state index in [0.717, 1.165) is 35.9 Å². The number of rotatable bonds is 7. The summed E-state index contributed by atoms with van der Waals surface area (Å²) in [6.45, 7) is 2.32. The Morgan fingerprint density at radius 3 is 2.61 bits per heavy atom. The van der Waals surface area contributed by atoms with Crippen LogP contribution >= 0.6 is 47.3 Å². The van der Waals surface area contributed by atoms with Crippen molar-refractivity contribution in [1.82, 2.24) is 14.9 Å². The predicted molar refractivity (Wildman–Crippen MR) is 130 cm³/mol. The van der Waals surface area contributed by atoms with E-state index in [1.807, 2.05) is 18.2 Å². The first-order valence-electron chi connectivity index (χ1n) is 9.21. The van der Waals surface area contributed by atoms with E-state index >= 15 is 0 Å². The second-order valence-electron chi connectivity index (χ2n) is 6.97. The minimum Gasteiger partial charge on any atom is -0.356 e. The minimum absolute atomic E-state index is 0. The summed E-state index contributed by atoms with van der Waals surface area (Å²) in [6, 6.07) is 8.00. The molecule has 0 spiro atoms. The summed E-state index contributed by atoms with van der Waals surface area (Å²) < 4.78 is 26.4. The molecule has 1 aliphatic carbocycles. The zero-order valence-corrected chi connectivity index (χ0v) is 20.7. The van der Waals surface area contributed by atoms with Crippen molar-refractivity contribution in [2.75, 3.05) is 50.5 Å². The Bertz CT molecular complexity index is 782. The van der Waals surface area contributed by atoms with Crippen LogP contribution < -0.4 is 10.6 Å². The molecule has 1 aliphatic heterocycles. The molecule has 1 saturated heterocycles. The van der Waals surface area contributed by atoms with E-state index in [1.54, 1.807) is 23.1 Å². The fraction of sp³-hybridized carbons (Fsp3) is 0.611. The van der Waals surface area contributed by atoms with Gasteiger partial charge < -0.3 is 10.6 Å². The second kappa shape index (κ2) is 10.7. The summed E-state index contributed by atoms with van der Waals surface area (Å²) in [5, 5.41) is 7.22. The van der Waals surface area contributed by atoms with Crippen molar-refractivity contribution in [3.8, 4) is 0 Å².